The van der Waals surface area contributed by atoms with Crippen LogP contribution in [0.3, 0.4) is 0 Å². The molecule has 0 bridgehead atoms. The minimum absolute atomic E-state index is 0.0487. The number of carbonyl (C=O) groups is 1. The SMILES string of the molecule is CC(C)[C@H](C)C(=O)N1CCC[C@H]1C1=NC=C(c2ccc(B3OC(C)(C)C(C)(C)O3)cc2)C1. The standard InChI is InChI=1S/C26H37BN2O3/c1-17(2)18(3)24(30)29-14-8-9-23(29)22-15-20(16-28-22)19-10-12-21(13-11-19)27-31-25(4,5)26(6,7)32-27/h10-13,16-18,23H,8-9,14-15H2,1-7H3/t18-,23-/m0/s1. The van der Waals surface area contributed by atoms with Crippen molar-refractivity contribution in [2.45, 2.75) is 85.0 Å². The van der Waals surface area contributed by atoms with E-state index >= 15 is 0 Å². The highest BCUT2D eigenvalue weighted by Gasteiger charge is 2.51. The lowest BCUT2D eigenvalue weighted by Crippen LogP contribution is -2.43. The van der Waals surface area contributed by atoms with Crippen molar-refractivity contribution in [3.05, 3.63) is 36.0 Å². The van der Waals surface area contributed by atoms with E-state index in [0.717, 1.165) is 42.5 Å². The fraction of sp³-hybridized carbons (Fsp3) is 0.615. The Bertz CT molecular complexity index is 917. The molecule has 1 aromatic rings. The average molecular weight is 436 g/mol. The van der Waals surface area contributed by atoms with Gasteiger partial charge in [-0.05, 0) is 63.1 Å². The summed E-state index contributed by atoms with van der Waals surface area (Å²) in [6.45, 7) is 15.4. The monoisotopic (exact) mass is 436 g/mol. The van der Waals surface area contributed by atoms with E-state index in [9.17, 15) is 4.79 Å². The predicted molar refractivity (Wildman–Crippen MR) is 131 cm³/mol. The number of hydrogen-bond donors (Lipinski definition) is 0. The topological polar surface area (TPSA) is 51.1 Å². The van der Waals surface area contributed by atoms with Crippen LogP contribution < -0.4 is 5.46 Å². The highest BCUT2D eigenvalue weighted by atomic mass is 16.7. The molecule has 32 heavy (non-hydrogen) atoms. The molecule has 3 aliphatic rings. The zero-order valence-corrected chi connectivity index (χ0v) is 20.6. The summed E-state index contributed by atoms with van der Waals surface area (Å²) in [6, 6.07) is 8.57. The average Bonchev–Trinajstić information content (AvgIpc) is 3.45. The van der Waals surface area contributed by atoms with Gasteiger partial charge in [0.25, 0.3) is 0 Å². The van der Waals surface area contributed by atoms with E-state index in [-0.39, 0.29) is 36.2 Å². The smallest absolute Gasteiger partial charge is 0.399 e. The first-order chi connectivity index (χ1) is 15.0. The van der Waals surface area contributed by atoms with Crippen LogP contribution in [-0.4, -0.2) is 47.4 Å². The summed E-state index contributed by atoms with van der Waals surface area (Å²) < 4.78 is 12.3. The van der Waals surface area contributed by atoms with Crippen LogP contribution in [0.2, 0.25) is 0 Å². The number of aliphatic imine (C=N–C) groups is 1. The molecule has 0 aliphatic carbocycles. The van der Waals surface area contributed by atoms with Gasteiger partial charge in [-0.1, -0.05) is 45.0 Å². The second-order valence-electron chi connectivity index (χ2n) is 10.9. The number of allylic oxidation sites excluding steroid dienone is 1. The summed E-state index contributed by atoms with van der Waals surface area (Å²) in [5.74, 6) is 0.670. The van der Waals surface area contributed by atoms with Gasteiger partial charge in [-0.2, -0.15) is 0 Å². The third-order valence-electron chi connectivity index (χ3n) is 7.87. The Morgan fingerprint density at radius 1 is 1.09 bits per heavy atom. The highest BCUT2D eigenvalue weighted by molar-refractivity contribution is 6.62. The molecule has 2 fully saturated rings. The zero-order chi connectivity index (χ0) is 23.3. The van der Waals surface area contributed by atoms with Crippen LogP contribution in [0.4, 0.5) is 0 Å². The van der Waals surface area contributed by atoms with Crippen molar-refractivity contribution < 1.29 is 14.1 Å². The van der Waals surface area contributed by atoms with Gasteiger partial charge in [0, 0.05) is 30.8 Å². The van der Waals surface area contributed by atoms with Crippen molar-refractivity contribution in [1.82, 2.24) is 4.90 Å². The van der Waals surface area contributed by atoms with Crippen molar-refractivity contribution in [2.75, 3.05) is 6.54 Å². The number of nitrogens with zero attached hydrogens (tertiary/aromatic N) is 2. The van der Waals surface area contributed by atoms with E-state index in [1.807, 2.05) is 13.1 Å². The second-order valence-corrected chi connectivity index (χ2v) is 10.9. The van der Waals surface area contributed by atoms with Crippen LogP contribution in [0.15, 0.2) is 35.5 Å². The maximum atomic E-state index is 13.0. The highest BCUT2D eigenvalue weighted by Crippen LogP contribution is 2.37. The van der Waals surface area contributed by atoms with Crippen molar-refractivity contribution in [3.63, 3.8) is 0 Å². The predicted octanol–water partition coefficient (Wildman–Crippen LogP) is 4.45. The molecule has 4 rings (SSSR count). The molecule has 1 amide bonds. The van der Waals surface area contributed by atoms with Gasteiger partial charge in [0.2, 0.25) is 5.91 Å². The van der Waals surface area contributed by atoms with Crippen LogP contribution in [0.25, 0.3) is 5.57 Å². The van der Waals surface area contributed by atoms with Crippen molar-refractivity contribution in [3.8, 4) is 0 Å². The number of hydrogen-bond acceptors (Lipinski definition) is 4. The number of carbonyl (C=O) groups excluding carboxylic acids is 1. The van der Waals surface area contributed by atoms with Crippen LogP contribution in [0, 0.1) is 11.8 Å². The Morgan fingerprint density at radius 3 is 2.31 bits per heavy atom. The molecule has 2 saturated heterocycles. The molecule has 6 heteroatoms. The van der Waals surface area contributed by atoms with Gasteiger partial charge in [0.1, 0.15) is 0 Å². The fourth-order valence-corrected chi connectivity index (χ4v) is 4.58. The van der Waals surface area contributed by atoms with Gasteiger partial charge in [-0.25, -0.2) is 0 Å². The number of likely N-dealkylation sites (tertiary alicyclic amines) is 1. The van der Waals surface area contributed by atoms with Crippen LogP contribution in [0.5, 0.6) is 0 Å². The number of amides is 1. The molecule has 0 saturated carbocycles. The number of rotatable bonds is 5. The van der Waals surface area contributed by atoms with Gasteiger partial charge >= 0.3 is 7.12 Å². The Labute approximate surface area is 193 Å². The Hall–Kier alpha value is -1.92. The molecule has 2 atom stereocenters. The molecule has 0 N–H and O–H groups in total. The molecule has 0 radical (unpaired) electrons. The van der Waals surface area contributed by atoms with Gasteiger partial charge in [0.05, 0.1) is 17.2 Å². The third kappa shape index (κ3) is 4.19. The molecule has 3 aliphatic heterocycles. The first-order valence-electron chi connectivity index (χ1n) is 12.0. The molecule has 0 spiro atoms. The fourth-order valence-electron chi connectivity index (χ4n) is 4.58. The molecule has 5 nitrogen and oxygen atoms in total. The largest absolute Gasteiger partial charge is 0.494 e. The summed E-state index contributed by atoms with van der Waals surface area (Å²) >= 11 is 0. The summed E-state index contributed by atoms with van der Waals surface area (Å²) in [6.07, 6.45) is 4.85. The zero-order valence-electron chi connectivity index (χ0n) is 20.6. The third-order valence-corrected chi connectivity index (χ3v) is 7.87. The van der Waals surface area contributed by atoms with Gasteiger partial charge < -0.3 is 14.2 Å². The van der Waals surface area contributed by atoms with Crippen LogP contribution >= 0.6 is 0 Å². The van der Waals surface area contributed by atoms with Gasteiger partial charge in [-0.15, -0.1) is 0 Å². The minimum atomic E-state index is -0.348. The molecule has 0 aromatic heterocycles. The van der Waals surface area contributed by atoms with E-state index in [2.05, 4.69) is 70.7 Å². The van der Waals surface area contributed by atoms with Crippen LogP contribution in [0.1, 0.15) is 73.3 Å². The first-order valence-corrected chi connectivity index (χ1v) is 12.0. The van der Waals surface area contributed by atoms with E-state index < -0.39 is 0 Å². The molecule has 172 valence electrons. The molecular formula is C26H37BN2O3. The molecule has 1 aromatic carbocycles. The summed E-state index contributed by atoms with van der Waals surface area (Å²) in [7, 11) is -0.348. The van der Waals surface area contributed by atoms with Crippen LogP contribution in [-0.2, 0) is 14.1 Å². The Balaban J connectivity index is 1.41. The van der Waals surface area contributed by atoms with E-state index in [4.69, 9.17) is 14.3 Å². The minimum Gasteiger partial charge on any atom is -0.399 e. The Kier molecular flexibility index (Phi) is 6.14. The quantitative estimate of drug-likeness (QED) is 0.641. The first kappa shape index (κ1) is 23.3. The summed E-state index contributed by atoms with van der Waals surface area (Å²) in [5, 5.41) is 0. The lowest BCUT2D eigenvalue weighted by atomic mass is 9.78. The molecule has 0 unspecified atom stereocenters. The lowest BCUT2D eigenvalue weighted by molar-refractivity contribution is -0.136. The van der Waals surface area contributed by atoms with E-state index in [1.165, 1.54) is 5.57 Å². The maximum Gasteiger partial charge on any atom is 0.494 e. The van der Waals surface area contributed by atoms with Crippen molar-refractivity contribution >= 4 is 29.8 Å². The maximum absolute atomic E-state index is 13.0. The molecule has 3 heterocycles. The number of benzene rings is 1. The van der Waals surface area contributed by atoms with E-state index in [1.54, 1.807) is 0 Å². The van der Waals surface area contributed by atoms with E-state index in [0.29, 0.717) is 5.92 Å². The normalized spacial score (nSPS) is 25.3. The van der Waals surface area contributed by atoms with Gasteiger partial charge in [-0.3, -0.25) is 9.79 Å². The Morgan fingerprint density at radius 2 is 1.72 bits per heavy atom. The van der Waals surface area contributed by atoms with Crippen molar-refractivity contribution in [2.24, 2.45) is 16.8 Å². The van der Waals surface area contributed by atoms with Gasteiger partial charge in [0.15, 0.2) is 0 Å². The summed E-state index contributed by atoms with van der Waals surface area (Å²) in [4.78, 5) is 19.8. The van der Waals surface area contributed by atoms with Crippen molar-refractivity contribution in [1.29, 1.82) is 0 Å². The summed E-state index contributed by atoms with van der Waals surface area (Å²) in [5.41, 5.74) is 3.83. The molecular weight excluding hydrogens is 399 g/mol. The lowest BCUT2D eigenvalue weighted by Gasteiger charge is -2.32. The second kappa shape index (κ2) is 8.46.